The Morgan fingerprint density at radius 3 is 2.19 bits per heavy atom. The van der Waals surface area contributed by atoms with Crippen LogP contribution in [0.1, 0.15) is 44.6 Å². The van der Waals surface area contributed by atoms with Gasteiger partial charge in [-0.1, -0.05) is 32.3 Å². The molecule has 0 aliphatic rings. The summed E-state index contributed by atoms with van der Waals surface area (Å²) >= 11 is 0. The minimum absolute atomic E-state index is 0. The van der Waals surface area contributed by atoms with Crippen LogP contribution in [0.4, 0.5) is 5.69 Å². The van der Waals surface area contributed by atoms with E-state index < -0.39 is 0 Å². The summed E-state index contributed by atoms with van der Waals surface area (Å²) in [5.74, 6) is 0.233. The van der Waals surface area contributed by atoms with Crippen LogP contribution in [0.25, 0.3) is 6.08 Å². The van der Waals surface area contributed by atoms with Crippen LogP contribution in [0.2, 0.25) is 0 Å². The van der Waals surface area contributed by atoms with Crippen LogP contribution in [0.5, 0.6) is 0 Å². The maximum atomic E-state index is 11.7. The van der Waals surface area contributed by atoms with Crippen molar-refractivity contribution in [1.29, 1.82) is 0 Å². The summed E-state index contributed by atoms with van der Waals surface area (Å²) in [5, 5.41) is 0. The fourth-order valence-electron chi connectivity index (χ4n) is 2.03. The van der Waals surface area contributed by atoms with Crippen molar-refractivity contribution in [2.75, 3.05) is 21.1 Å². The number of ketones is 1. The summed E-state index contributed by atoms with van der Waals surface area (Å²) in [7, 11) is 6.43. The molecule has 0 aromatic heterocycles. The van der Waals surface area contributed by atoms with Crippen LogP contribution in [-0.4, -0.2) is 26.9 Å². The molecule has 0 aliphatic carbocycles. The number of quaternary nitrogens is 1. The quantitative estimate of drug-likeness (QED) is 0.279. The lowest BCUT2D eigenvalue weighted by Gasteiger charge is -2.23. The second kappa shape index (κ2) is 10.1. The molecule has 0 amide bonds. The lowest BCUT2D eigenvalue weighted by Crippen LogP contribution is -3.00. The molecular formula is C18H28INO. The molecule has 0 fully saturated rings. The van der Waals surface area contributed by atoms with Crippen LogP contribution in [-0.2, 0) is 4.79 Å². The molecule has 1 aromatic rings. The van der Waals surface area contributed by atoms with E-state index in [2.05, 4.69) is 52.3 Å². The van der Waals surface area contributed by atoms with Gasteiger partial charge in [0, 0.05) is 6.42 Å². The Balaban J connectivity index is 0.00000400. The molecule has 3 heteroatoms. The molecule has 0 unspecified atom stereocenters. The first-order valence-corrected chi connectivity index (χ1v) is 7.56. The Bertz CT molecular complexity index is 443. The van der Waals surface area contributed by atoms with E-state index in [9.17, 15) is 4.79 Å². The zero-order chi connectivity index (χ0) is 15.0. The number of hydrogen-bond donors (Lipinski definition) is 0. The summed E-state index contributed by atoms with van der Waals surface area (Å²) in [5.41, 5.74) is 2.34. The molecular weight excluding hydrogens is 373 g/mol. The van der Waals surface area contributed by atoms with Crippen LogP contribution in [0.15, 0.2) is 30.3 Å². The highest BCUT2D eigenvalue weighted by Crippen LogP contribution is 2.17. The summed E-state index contributed by atoms with van der Waals surface area (Å²) < 4.78 is 0.806. The van der Waals surface area contributed by atoms with Gasteiger partial charge in [-0.15, -0.1) is 0 Å². The average Bonchev–Trinajstić information content (AvgIpc) is 2.41. The van der Waals surface area contributed by atoms with Gasteiger partial charge in [0.1, 0.15) is 5.69 Å². The van der Waals surface area contributed by atoms with Crippen molar-refractivity contribution in [1.82, 2.24) is 4.48 Å². The predicted molar refractivity (Wildman–Crippen MR) is 88.8 cm³/mol. The maximum absolute atomic E-state index is 11.7. The molecule has 21 heavy (non-hydrogen) atoms. The van der Waals surface area contributed by atoms with E-state index in [4.69, 9.17) is 0 Å². The smallest absolute Gasteiger partial charge is 0.155 e. The van der Waals surface area contributed by atoms with Gasteiger partial charge in [-0.25, -0.2) is 0 Å². The highest BCUT2D eigenvalue weighted by Gasteiger charge is 2.10. The Morgan fingerprint density at radius 1 is 1.05 bits per heavy atom. The number of halogens is 1. The van der Waals surface area contributed by atoms with Crippen LogP contribution in [0, 0.1) is 0 Å². The van der Waals surface area contributed by atoms with E-state index in [0.29, 0.717) is 6.42 Å². The summed E-state index contributed by atoms with van der Waals surface area (Å²) in [6.07, 6.45) is 8.92. The van der Waals surface area contributed by atoms with Crippen molar-refractivity contribution in [3.63, 3.8) is 0 Å². The van der Waals surface area contributed by atoms with Crippen molar-refractivity contribution in [2.45, 2.75) is 39.0 Å². The minimum atomic E-state index is 0. The Morgan fingerprint density at radius 2 is 1.67 bits per heavy atom. The van der Waals surface area contributed by atoms with Crippen LogP contribution >= 0.6 is 0 Å². The van der Waals surface area contributed by atoms with Gasteiger partial charge >= 0.3 is 0 Å². The van der Waals surface area contributed by atoms with E-state index in [0.717, 1.165) is 22.9 Å². The zero-order valence-corrected chi connectivity index (χ0v) is 15.9. The number of nitrogens with zero attached hydrogens (tertiary/aromatic N) is 1. The minimum Gasteiger partial charge on any atom is -1.00 e. The lowest BCUT2D eigenvalue weighted by atomic mass is 10.1. The second-order valence-corrected chi connectivity index (χ2v) is 6.21. The number of carbonyl (C=O) groups is 1. The molecule has 0 heterocycles. The van der Waals surface area contributed by atoms with Crippen LogP contribution in [0.3, 0.4) is 0 Å². The molecule has 0 radical (unpaired) electrons. The van der Waals surface area contributed by atoms with E-state index in [1.54, 1.807) is 6.08 Å². The normalized spacial score (nSPS) is 11.4. The molecule has 0 bridgehead atoms. The van der Waals surface area contributed by atoms with Gasteiger partial charge in [-0.2, -0.15) is 0 Å². The molecule has 118 valence electrons. The highest BCUT2D eigenvalue weighted by atomic mass is 127. The number of allylic oxidation sites excluding steroid dienone is 1. The molecule has 0 spiro atoms. The highest BCUT2D eigenvalue weighted by molar-refractivity contribution is 5.93. The first-order valence-electron chi connectivity index (χ1n) is 7.56. The first kappa shape index (κ1) is 20.3. The van der Waals surface area contributed by atoms with E-state index in [1.807, 2.05) is 6.08 Å². The van der Waals surface area contributed by atoms with E-state index in [1.165, 1.54) is 18.5 Å². The van der Waals surface area contributed by atoms with Gasteiger partial charge in [0.25, 0.3) is 0 Å². The van der Waals surface area contributed by atoms with Crippen molar-refractivity contribution in [2.24, 2.45) is 0 Å². The number of rotatable bonds is 8. The van der Waals surface area contributed by atoms with Gasteiger partial charge in [0.15, 0.2) is 5.78 Å². The SMILES string of the molecule is CCCCCCC(=O)/C=C\c1ccc([N+](C)(C)C)cc1.[I-]. The Kier molecular flexibility index (Phi) is 9.79. The van der Waals surface area contributed by atoms with Gasteiger partial charge in [0.05, 0.1) is 21.1 Å². The summed E-state index contributed by atoms with van der Waals surface area (Å²) in [6, 6.07) is 8.37. The van der Waals surface area contributed by atoms with Crippen molar-refractivity contribution in [3.05, 3.63) is 35.9 Å². The fraction of sp³-hybridized carbons (Fsp3) is 0.500. The largest absolute Gasteiger partial charge is 1.00 e. The monoisotopic (exact) mass is 401 g/mol. The maximum Gasteiger partial charge on any atom is 0.155 e. The average molecular weight is 401 g/mol. The van der Waals surface area contributed by atoms with Crippen molar-refractivity contribution >= 4 is 17.5 Å². The molecule has 0 saturated heterocycles. The number of unbranched alkanes of at least 4 members (excludes halogenated alkanes) is 3. The molecule has 2 nitrogen and oxygen atoms in total. The number of hydrogen-bond acceptors (Lipinski definition) is 1. The third kappa shape index (κ3) is 8.37. The van der Waals surface area contributed by atoms with E-state index in [-0.39, 0.29) is 29.8 Å². The van der Waals surface area contributed by atoms with Crippen LogP contribution < -0.4 is 28.5 Å². The standard InChI is InChI=1S/C18H28NO.HI/c1-5-6-7-8-9-18(20)15-12-16-10-13-17(14-11-16)19(2,3)4;/h10-15H,5-9H2,1-4H3;1H/q+1;/p-1/b15-12-;. The van der Waals surface area contributed by atoms with Gasteiger partial charge in [-0.05, 0) is 42.3 Å². The molecule has 0 atom stereocenters. The van der Waals surface area contributed by atoms with Gasteiger partial charge in [0.2, 0.25) is 0 Å². The predicted octanol–water partition coefficient (Wildman–Crippen LogP) is 1.44. The second-order valence-electron chi connectivity index (χ2n) is 6.21. The molecule has 0 saturated carbocycles. The molecule has 0 N–H and O–H groups in total. The number of carbonyl (C=O) groups excluding carboxylic acids is 1. The fourth-order valence-corrected chi connectivity index (χ4v) is 2.03. The third-order valence-electron chi connectivity index (χ3n) is 3.41. The Hall–Kier alpha value is -0.680. The first-order chi connectivity index (χ1) is 9.43. The third-order valence-corrected chi connectivity index (χ3v) is 3.41. The topological polar surface area (TPSA) is 17.1 Å². The van der Waals surface area contributed by atoms with Crippen molar-refractivity contribution < 1.29 is 28.8 Å². The van der Waals surface area contributed by atoms with Gasteiger partial charge < -0.3 is 24.0 Å². The zero-order valence-electron chi connectivity index (χ0n) is 13.7. The number of benzene rings is 1. The summed E-state index contributed by atoms with van der Waals surface area (Å²) in [4.78, 5) is 11.7. The van der Waals surface area contributed by atoms with Crippen molar-refractivity contribution in [3.8, 4) is 0 Å². The van der Waals surface area contributed by atoms with Gasteiger partial charge in [-0.3, -0.25) is 9.28 Å². The Labute approximate surface area is 146 Å². The molecule has 1 rings (SSSR count). The molecule has 1 aromatic carbocycles. The van der Waals surface area contributed by atoms with E-state index >= 15 is 0 Å². The molecule has 0 aliphatic heterocycles. The summed E-state index contributed by atoms with van der Waals surface area (Å²) in [6.45, 7) is 2.18. The lowest BCUT2D eigenvalue weighted by molar-refractivity contribution is -0.114.